The van der Waals surface area contributed by atoms with Crippen molar-refractivity contribution in [2.24, 2.45) is 5.92 Å². The molecule has 1 saturated heterocycles. The summed E-state index contributed by atoms with van der Waals surface area (Å²) in [6.07, 6.45) is 3.03. The van der Waals surface area contributed by atoms with Gasteiger partial charge in [0.2, 0.25) is 0 Å². The van der Waals surface area contributed by atoms with Crippen molar-refractivity contribution in [2.75, 3.05) is 42.8 Å². The van der Waals surface area contributed by atoms with E-state index in [0.717, 1.165) is 31.7 Å². The van der Waals surface area contributed by atoms with Gasteiger partial charge in [0.25, 0.3) is 0 Å². The number of rotatable bonds is 5. The van der Waals surface area contributed by atoms with Gasteiger partial charge in [-0.2, -0.15) is 0 Å². The SMILES string of the molecule is COC(=O)C1CCN(c2ncnc(N(C)Cc3ccccc3)c2N)CC1. The summed E-state index contributed by atoms with van der Waals surface area (Å²) in [5, 5.41) is 0. The second-order valence-corrected chi connectivity index (χ2v) is 6.56. The van der Waals surface area contributed by atoms with Crippen molar-refractivity contribution >= 4 is 23.3 Å². The molecule has 2 N–H and O–H groups in total. The standard InChI is InChI=1S/C19H25N5O2/c1-23(12-14-6-4-3-5-7-14)17-16(20)18(22-13-21-17)24-10-8-15(9-11-24)19(25)26-2/h3-7,13,15H,8-12,20H2,1-2H3. The number of carbonyl (C=O) groups is 1. The van der Waals surface area contributed by atoms with Crippen molar-refractivity contribution in [2.45, 2.75) is 19.4 Å². The lowest BCUT2D eigenvalue weighted by atomic mass is 9.97. The van der Waals surface area contributed by atoms with E-state index in [2.05, 4.69) is 27.0 Å². The largest absolute Gasteiger partial charge is 0.469 e. The maximum absolute atomic E-state index is 11.7. The Kier molecular flexibility index (Phi) is 5.55. The van der Waals surface area contributed by atoms with Crippen LogP contribution in [0.3, 0.4) is 0 Å². The summed E-state index contributed by atoms with van der Waals surface area (Å²) in [5.74, 6) is 1.27. The highest BCUT2D eigenvalue weighted by atomic mass is 16.5. The number of nitrogen functional groups attached to an aromatic ring is 1. The number of hydrogen-bond acceptors (Lipinski definition) is 7. The Morgan fingerprint density at radius 1 is 1.27 bits per heavy atom. The first-order valence-corrected chi connectivity index (χ1v) is 8.78. The molecule has 0 spiro atoms. The average molecular weight is 355 g/mol. The molecule has 7 heteroatoms. The number of esters is 1. The van der Waals surface area contributed by atoms with Crippen LogP contribution < -0.4 is 15.5 Å². The van der Waals surface area contributed by atoms with Crippen molar-refractivity contribution in [1.82, 2.24) is 9.97 Å². The molecule has 1 fully saturated rings. The van der Waals surface area contributed by atoms with E-state index in [0.29, 0.717) is 18.1 Å². The molecule has 0 aliphatic carbocycles. The predicted octanol–water partition coefficient (Wildman–Crippen LogP) is 2.08. The molecule has 26 heavy (non-hydrogen) atoms. The average Bonchev–Trinajstić information content (AvgIpc) is 2.68. The Morgan fingerprint density at radius 3 is 2.62 bits per heavy atom. The van der Waals surface area contributed by atoms with Crippen LogP contribution in [0.25, 0.3) is 0 Å². The van der Waals surface area contributed by atoms with Gasteiger partial charge in [-0.1, -0.05) is 30.3 Å². The predicted molar refractivity (Wildman–Crippen MR) is 102 cm³/mol. The fourth-order valence-corrected chi connectivity index (χ4v) is 3.36. The third-order valence-electron chi connectivity index (χ3n) is 4.79. The van der Waals surface area contributed by atoms with Crippen LogP contribution in [-0.4, -0.2) is 43.2 Å². The van der Waals surface area contributed by atoms with Crippen LogP contribution in [-0.2, 0) is 16.1 Å². The lowest BCUT2D eigenvalue weighted by molar-refractivity contribution is -0.146. The highest BCUT2D eigenvalue weighted by Gasteiger charge is 2.27. The molecule has 1 aliphatic heterocycles. The van der Waals surface area contributed by atoms with Crippen molar-refractivity contribution in [3.63, 3.8) is 0 Å². The minimum absolute atomic E-state index is 0.0421. The van der Waals surface area contributed by atoms with Crippen LogP contribution in [0, 0.1) is 5.92 Å². The van der Waals surface area contributed by atoms with Crippen LogP contribution in [0.5, 0.6) is 0 Å². The quantitative estimate of drug-likeness (QED) is 0.822. The number of hydrogen-bond donors (Lipinski definition) is 1. The fraction of sp³-hybridized carbons (Fsp3) is 0.421. The molecule has 2 heterocycles. The Bertz CT molecular complexity index is 745. The summed E-state index contributed by atoms with van der Waals surface area (Å²) >= 11 is 0. The molecule has 0 atom stereocenters. The molecule has 3 rings (SSSR count). The first-order valence-electron chi connectivity index (χ1n) is 8.78. The topological polar surface area (TPSA) is 84.6 Å². The Hall–Kier alpha value is -2.83. The number of carbonyl (C=O) groups excluding carboxylic acids is 1. The molecular formula is C19H25N5O2. The second kappa shape index (κ2) is 8.03. The molecule has 7 nitrogen and oxygen atoms in total. The van der Waals surface area contributed by atoms with Gasteiger partial charge in [0, 0.05) is 26.7 Å². The maximum Gasteiger partial charge on any atom is 0.308 e. The number of aromatic nitrogens is 2. The summed E-state index contributed by atoms with van der Waals surface area (Å²) < 4.78 is 4.85. The van der Waals surface area contributed by atoms with Gasteiger partial charge in [0.05, 0.1) is 13.0 Å². The van der Waals surface area contributed by atoms with Crippen LogP contribution in [0.1, 0.15) is 18.4 Å². The number of ether oxygens (including phenoxy) is 1. The third-order valence-corrected chi connectivity index (χ3v) is 4.79. The second-order valence-electron chi connectivity index (χ2n) is 6.56. The molecule has 0 amide bonds. The van der Waals surface area contributed by atoms with E-state index in [9.17, 15) is 4.79 Å². The van der Waals surface area contributed by atoms with Crippen molar-refractivity contribution in [1.29, 1.82) is 0 Å². The minimum Gasteiger partial charge on any atom is -0.469 e. The number of methoxy groups -OCH3 is 1. The first-order chi connectivity index (χ1) is 12.6. The summed E-state index contributed by atoms with van der Waals surface area (Å²) in [4.78, 5) is 24.6. The highest BCUT2D eigenvalue weighted by Crippen LogP contribution is 2.31. The monoisotopic (exact) mass is 355 g/mol. The van der Waals surface area contributed by atoms with Gasteiger partial charge in [-0.25, -0.2) is 9.97 Å². The van der Waals surface area contributed by atoms with Crippen LogP contribution in [0.4, 0.5) is 17.3 Å². The van der Waals surface area contributed by atoms with Crippen molar-refractivity contribution in [3.8, 4) is 0 Å². The third kappa shape index (κ3) is 3.87. The molecule has 0 radical (unpaired) electrons. The molecule has 0 unspecified atom stereocenters. The van der Waals surface area contributed by atoms with Gasteiger partial charge < -0.3 is 20.3 Å². The van der Waals surface area contributed by atoms with E-state index in [4.69, 9.17) is 10.5 Å². The summed E-state index contributed by atoms with van der Waals surface area (Å²) in [5.41, 5.74) is 8.15. The first kappa shape index (κ1) is 18.0. The Morgan fingerprint density at radius 2 is 1.96 bits per heavy atom. The van der Waals surface area contributed by atoms with E-state index >= 15 is 0 Å². The summed E-state index contributed by atoms with van der Waals surface area (Å²) in [7, 11) is 3.41. The Labute approximate surface area is 153 Å². The fourth-order valence-electron chi connectivity index (χ4n) is 3.36. The number of nitrogens with two attached hydrogens (primary N) is 1. The molecule has 138 valence electrons. The Balaban J connectivity index is 1.72. The van der Waals surface area contributed by atoms with E-state index in [1.165, 1.54) is 12.7 Å². The molecule has 1 aromatic carbocycles. The molecule has 1 aliphatic rings. The number of nitrogens with zero attached hydrogens (tertiary/aromatic N) is 4. The number of benzene rings is 1. The normalized spacial score (nSPS) is 14.9. The van der Waals surface area contributed by atoms with Gasteiger partial charge in [-0.05, 0) is 18.4 Å². The van der Waals surface area contributed by atoms with Crippen molar-refractivity contribution < 1.29 is 9.53 Å². The minimum atomic E-state index is -0.136. The number of piperidine rings is 1. The van der Waals surface area contributed by atoms with Crippen LogP contribution >= 0.6 is 0 Å². The molecule has 2 aromatic rings. The molecule has 1 aromatic heterocycles. The van der Waals surface area contributed by atoms with E-state index in [1.54, 1.807) is 6.33 Å². The van der Waals surface area contributed by atoms with E-state index < -0.39 is 0 Å². The van der Waals surface area contributed by atoms with Gasteiger partial charge in [-0.3, -0.25) is 4.79 Å². The summed E-state index contributed by atoms with van der Waals surface area (Å²) in [6, 6.07) is 10.2. The van der Waals surface area contributed by atoms with Gasteiger partial charge >= 0.3 is 5.97 Å². The smallest absolute Gasteiger partial charge is 0.308 e. The van der Waals surface area contributed by atoms with E-state index in [-0.39, 0.29) is 11.9 Å². The molecular weight excluding hydrogens is 330 g/mol. The van der Waals surface area contributed by atoms with Gasteiger partial charge in [0.15, 0.2) is 11.6 Å². The van der Waals surface area contributed by atoms with Crippen LogP contribution in [0.15, 0.2) is 36.7 Å². The highest BCUT2D eigenvalue weighted by molar-refractivity contribution is 5.76. The number of anilines is 3. The van der Waals surface area contributed by atoms with Crippen molar-refractivity contribution in [3.05, 3.63) is 42.2 Å². The van der Waals surface area contributed by atoms with Crippen LogP contribution in [0.2, 0.25) is 0 Å². The zero-order valence-corrected chi connectivity index (χ0v) is 15.3. The van der Waals surface area contributed by atoms with E-state index in [1.807, 2.05) is 30.1 Å². The zero-order chi connectivity index (χ0) is 18.5. The maximum atomic E-state index is 11.7. The zero-order valence-electron chi connectivity index (χ0n) is 15.3. The van der Waals surface area contributed by atoms with Gasteiger partial charge in [-0.15, -0.1) is 0 Å². The summed E-state index contributed by atoms with van der Waals surface area (Å²) in [6.45, 7) is 2.16. The lowest BCUT2D eigenvalue weighted by Crippen LogP contribution is -2.37. The molecule has 0 saturated carbocycles. The molecule has 0 bridgehead atoms. The lowest BCUT2D eigenvalue weighted by Gasteiger charge is -2.33. The van der Waals surface area contributed by atoms with Gasteiger partial charge in [0.1, 0.15) is 12.0 Å².